The van der Waals surface area contributed by atoms with Crippen LogP contribution in [0.4, 0.5) is 0 Å². The second-order valence-corrected chi connectivity index (χ2v) is 8.50. The van der Waals surface area contributed by atoms with Crippen molar-refractivity contribution in [1.29, 1.82) is 0 Å². The number of aryl methyl sites for hydroxylation is 1. The van der Waals surface area contributed by atoms with E-state index in [-0.39, 0.29) is 6.04 Å². The van der Waals surface area contributed by atoms with Gasteiger partial charge < -0.3 is 10.3 Å². The molecule has 0 unspecified atom stereocenters. The van der Waals surface area contributed by atoms with Crippen LogP contribution < -0.4 is 5.73 Å². The summed E-state index contributed by atoms with van der Waals surface area (Å²) in [6, 6.07) is 8.94. The molecule has 0 aliphatic heterocycles. The first-order valence-electron chi connectivity index (χ1n) is 11.4. The molecule has 2 N–H and O–H groups in total. The maximum absolute atomic E-state index is 6.09. The van der Waals surface area contributed by atoms with E-state index in [4.69, 9.17) is 10.3 Å². The van der Waals surface area contributed by atoms with Gasteiger partial charge in [-0.2, -0.15) is 4.98 Å². The van der Waals surface area contributed by atoms with Gasteiger partial charge in [0.25, 0.3) is 0 Å². The maximum atomic E-state index is 6.09. The number of benzene rings is 1. The van der Waals surface area contributed by atoms with Crippen molar-refractivity contribution in [2.24, 2.45) is 5.73 Å². The van der Waals surface area contributed by atoms with Gasteiger partial charge in [-0.1, -0.05) is 87.7 Å². The average molecular weight is 384 g/mol. The minimum absolute atomic E-state index is 0.268. The van der Waals surface area contributed by atoms with E-state index < -0.39 is 0 Å². The summed E-state index contributed by atoms with van der Waals surface area (Å²) in [5.41, 5.74) is 8.53. The molecule has 1 aromatic heterocycles. The lowest BCUT2D eigenvalue weighted by Gasteiger charge is -2.23. The minimum Gasteiger partial charge on any atom is -0.339 e. The third-order valence-electron chi connectivity index (χ3n) is 6.04. The zero-order valence-electron chi connectivity index (χ0n) is 17.5. The molecule has 1 aliphatic carbocycles. The Morgan fingerprint density at radius 2 is 1.68 bits per heavy atom. The lowest BCUT2D eigenvalue weighted by molar-refractivity contribution is 0.299. The standard InChI is InChI=1S/C24H37N3O/c1-2-3-4-5-6-7-8-9-11-19-14-16-20(17-15-19)23-26-24(28-27-23)21-12-10-13-22(25)18-21/h14-17,21-22H,2-13,18,25H2,1H3/t21-,22-/m0/s1. The van der Waals surface area contributed by atoms with Gasteiger partial charge >= 0.3 is 0 Å². The third kappa shape index (κ3) is 6.44. The maximum Gasteiger partial charge on any atom is 0.230 e. The van der Waals surface area contributed by atoms with Crippen LogP contribution in [0.25, 0.3) is 11.4 Å². The summed E-state index contributed by atoms with van der Waals surface area (Å²) in [4.78, 5) is 4.65. The van der Waals surface area contributed by atoms with Crippen LogP contribution in [-0.2, 0) is 6.42 Å². The molecule has 4 nitrogen and oxygen atoms in total. The van der Waals surface area contributed by atoms with E-state index in [0.717, 1.165) is 43.6 Å². The average Bonchev–Trinajstić information content (AvgIpc) is 3.21. The van der Waals surface area contributed by atoms with Crippen molar-refractivity contribution in [3.63, 3.8) is 0 Å². The molecule has 2 aromatic rings. The smallest absolute Gasteiger partial charge is 0.230 e. The molecular weight excluding hydrogens is 346 g/mol. The molecule has 154 valence electrons. The van der Waals surface area contributed by atoms with E-state index in [0.29, 0.717) is 11.7 Å². The van der Waals surface area contributed by atoms with Gasteiger partial charge in [0.2, 0.25) is 11.7 Å². The normalized spacial score (nSPS) is 19.8. The molecule has 0 amide bonds. The molecule has 3 rings (SSSR count). The van der Waals surface area contributed by atoms with Crippen LogP contribution in [0, 0.1) is 0 Å². The summed E-state index contributed by atoms with van der Waals surface area (Å²) < 4.78 is 5.55. The molecule has 1 saturated carbocycles. The first-order valence-corrected chi connectivity index (χ1v) is 11.4. The summed E-state index contributed by atoms with van der Waals surface area (Å²) in [5, 5.41) is 4.21. The van der Waals surface area contributed by atoms with Crippen LogP contribution in [-0.4, -0.2) is 16.2 Å². The summed E-state index contributed by atoms with van der Waals surface area (Å²) in [7, 11) is 0. The molecular formula is C24H37N3O. The molecule has 0 saturated heterocycles. The van der Waals surface area contributed by atoms with Crippen LogP contribution in [0.2, 0.25) is 0 Å². The van der Waals surface area contributed by atoms with Gasteiger partial charge in [-0.25, -0.2) is 0 Å². The van der Waals surface area contributed by atoms with Crippen molar-refractivity contribution in [2.45, 2.75) is 102 Å². The Balaban J connectivity index is 1.42. The highest BCUT2D eigenvalue weighted by Gasteiger charge is 2.25. The molecule has 1 fully saturated rings. The first kappa shape index (κ1) is 21.0. The van der Waals surface area contributed by atoms with E-state index >= 15 is 0 Å². The highest BCUT2D eigenvalue weighted by molar-refractivity contribution is 5.54. The van der Waals surface area contributed by atoms with Crippen molar-refractivity contribution < 1.29 is 4.52 Å². The number of unbranched alkanes of at least 4 members (excludes halogenated alkanes) is 7. The Morgan fingerprint density at radius 1 is 0.964 bits per heavy atom. The van der Waals surface area contributed by atoms with E-state index in [1.165, 1.54) is 56.9 Å². The zero-order valence-corrected chi connectivity index (χ0v) is 17.5. The fraction of sp³-hybridized carbons (Fsp3) is 0.667. The third-order valence-corrected chi connectivity index (χ3v) is 6.04. The summed E-state index contributed by atoms with van der Waals surface area (Å²) >= 11 is 0. The summed E-state index contributed by atoms with van der Waals surface area (Å²) in [6.45, 7) is 2.27. The van der Waals surface area contributed by atoms with Gasteiger partial charge in [-0.15, -0.1) is 0 Å². The molecule has 0 radical (unpaired) electrons. The van der Waals surface area contributed by atoms with Gasteiger partial charge in [0, 0.05) is 17.5 Å². The van der Waals surface area contributed by atoms with Gasteiger partial charge in [0.15, 0.2) is 0 Å². The van der Waals surface area contributed by atoms with Crippen LogP contribution in [0.3, 0.4) is 0 Å². The Bertz CT molecular complexity index is 679. The van der Waals surface area contributed by atoms with Gasteiger partial charge in [-0.05, 0) is 37.7 Å². The second-order valence-electron chi connectivity index (χ2n) is 8.50. The van der Waals surface area contributed by atoms with Crippen molar-refractivity contribution >= 4 is 0 Å². The predicted octanol–water partition coefficient (Wildman–Crippen LogP) is 6.40. The van der Waals surface area contributed by atoms with Gasteiger partial charge in [-0.3, -0.25) is 0 Å². The Hall–Kier alpha value is -1.68. The fourth-order valence-electron chi connectivity index (χ4n) is 4.25. The van der Waals surface area contributed by atoms with Gasteiger partial charge in [0.05, 0.1) is 0 Å². The predicted molar refractivity (Wildman–Crippen MR) is 115 cm³/mol. The van der Waals surface area contributed by atoms with Crippen LogP contribution in [0.1, 0.15) is 101 Å². The monoisotopic (exact) mass is 383 g/mol. The molecule has 0 spiro atoms. The molecule has 1 aliphatic rings. The topological polar surface area (TPSA) is 64.9 Å². The molecule has 1 heterocycles. The van der Waals surface area contributed by atoms with Crippen LogP contribution >= 0.6 is 0 Å². The molecule has 1 aromatic carbocycles. The Kier molecular flexibility index (Phi) is 8.53. The quantitative estimate of drug-likeness (QED) is 0.456. The Labute approximate surface area is 170 Å². The van der Waals surface area contributed by atoms with Crippen molar-refractivity contribution in [3.05, 3.63) is 35.7 Å². The number of hydrogen-bond donors (Lipinski definition) is 1. The Morgan fingerprint density at radius 3 is 2.39 bits per heavy atom. The lowest BCUT2D eigenvalue weighted by Crippen LogP contribution is -2.26. The first-order chi connectivity index (χ1) is 13.8. The number of nitrogens with two attached hydrogens (primary N) is 1. The largest absolute Gasteiger partial charge is 0.339 e. The van der Waals surface area contributed by atoms with E-state index in [2.05, 4.69) is 41.3 Å². The van der Waals surface area contributed by atoms with Crippen LogP contribution in [0.15, 0.2) is 28.8 Å². The highest BCUT2D eigenvalue weighted by Crippen LogP contribution is 2.32. The van der Waals surface area contributed by atoms with Gasteiger partial charge in [0.1, 0.15) is 0 Å². The highest BCUT2D eigenvalue weighted by atomic mass is 16.5. The number of rotatable bonds is 11. The molecule has 28 heavy (non-hydrogen) atoms. The molecule has 4 heteroatoms. The number of nitrogens with zero attached hydrogens (tertiary/aromatic N) is 2. The lowest BCUT2D eigenvalue weighted by atomic mass is 9.86. The second kappa shape index (κ2) is 11.4. The number of hydrogen-bond acceptors (Lipinski definition) is 4. The van der Waals surface area contributed by atoms with E-state index in [1.54, 1.807) is 0 Å². The van der Waals surface area contributed by atoms with E-state index in [9.17, 15) is 0 Å². The van der Waals surface area contributed by atoms with Crippen molar-refractivity contribution in [1.82, 2.24) is 10.1 Å². The van der Waals surface area contributed by atoms with Crippen molar-refractivity contribution in [2.75, 3.05) is 0 Å². The van der Waals surface area contributed by atoms with Crippen LogP contribution in [0.5, 0.6) is 0 Å². The number of aromatic nitrogens is 2. The molecule has 2 atom stereocenters. The fourth-order valence-corrected chi connectivity index (χ4v) is 4.25. The SMILES string of the molecule is CCCCCCCCCCc1ccc(-c2noc([C@H]3CCC[C@H](N)C3)n2)cc1. The molecule has 0 bridgehead atoms. The minimum atomic E-state index is 0.268. The van der Waals surface area contributed by atoms with Crippen molar-refractivity contribution in [3.8, 4) is 11.4 Å². The summed E-state index contributed by atoms with van der Waals surface area (Å²) in [6.07, 6.45) is 16.4. The van der Waals surface area contributed by atoms with E-state index in [1.807, 2.05) is 0 Å². The summed E-state index contributed by atoms with van der Waals surface area (Å²) in [5.74, 6) is 1.78. The zero-order chi connectivity index (χ0) is 19.6.